The number of amides is 2. The molecule has 1 saturated heterocycles. The molecule has 0 spiro atoms. The Bertz CT molecular complexity index is 806. The van der Waals surface area contributed by atoms with Gasteiger partial charge in [0.05, 0.1) is 4.91 Å². The second-order valence-electron chi connectivity index (χ2n) is 6.12. The third-order valence-electron chi connectivity index (χ3n) is 3.98. The Morgan fingerprint density at radius 1 is 1.32 bits per heavy atom. The molecular formula is C20H22N2O4S2. The first-order valence-corrected chi connectivity index (χ1v) is 10.1. The van der Waals surface area contributed by atoms with Crippen LogP contribution < -0.4 is 5.32 Å². The maximum absolute atomic E-state index is 12.5. The van der Waals surface area contributed by atoms with Crippen LogP contribution in [0.1, 0.15) is 31.7 Å². The largest absolute Gasteiger partial charge is 0.480 e. The first kappa shape index (κ1) is 21.8. The highest BCUT2D eigenvalue weighted by atomic mass is 32.2. The fourth-order valence-electron chi connectivity index (χ4n) is 2.54. The van der Waals surface area contributed by atoms with E-state index in [2.05, 4.69) is 5.32 Å². The van der Waals surface area contributed by atoms with Gasteiger partial charge in [-0.25, -0.2) is 4.79 Å². The van der Waals surface area contributed by atoms with E-state index < -0.39 is 17.9 Å². The number of allylic oxidation sites excluding steroid dienone is 2. The van der Waals surface area contributed by atoms with E-state index in [9.17, 15) is 14.4 Å². The van der Waals surface area contributed by atoms with Crippen molar-refractivity contribution in [3.8, 4) is 0 Å². The van der Waals surface area contributed by atoms with Gasteiger partial charge in [0.1, 0.15) is 10.4 Å². The molecule has 8 heteroatoms. The second-order valence-corrected chi connectivity index (χ2v) is 7.80. The molecule has 0 aliphatic carbocycles. The molecule has 1 aliphatic heterocycles. The smallest absolute Gasteiger partial charge is 0.326 e. The van der Waals surface area contributed by atoms with E-state index in [1.807, 2.05) is 43.3 Å². The Hall–Kier alpha value is -2.45. The summed E-state index contributed by atoms with van der Waals surface area (Å²) in [6.45, 7) is 1.97. The van der Waals surface area contributed by atoms with Crippen molar-refractivity contribution >= 4 is 52.2 Å². The lowest BCUT2D eigenvalue weighted by atomic mass is 10.1. The van der Waals surface area contributed by atoms with E-state index in [0.717, 1.165) is 5.56 Å². The minimum atomic E-state index is -1.06. The quantitative estimate of drug-likeness (QED) is 0.473. The molecule has 0 aromatic heterocycles. The summed E-state index contributed by atoms with van der Waals surface area (Å²) in [7, 11) is 0. The minimum Gasteiger partial charge on any atom is -0.480 e. The van der Waals surface area contributed by atoms with Gasteiger partial charge in [-0.2, -0.15) is 0 Å². The van der Waals surface area contributed by atoms with E-state index >= 15 is 0 Å². The van der Waals surface area contributed by atoms with Crippen molar-refractivity contribution in [1.82, 2.24) is 10.2 Å². The van der Waals surface area contributed by atoms with Crippen molar-refractivity contribution in [2.75, 3.05) is 6.54 Å². The lowest BCUT2D eigenvalue weighted by Crippen LogP contribution is -2.42. The third-order valence-corrected chi connectivity index (χ3v) is 5.38. The number of hydrogen-bond donors (Lipinski definition) is 2. The normalized spacial score (nSPS) is 16.8. The fraction of sp³-hybridized carbons (Fsp3) is 0.300. The molecule has 1 heterocycles. The summed E-state index contributed by atoms with van der Waals surface area (Å²) < 4.78 is 0.389. The molecule has 1 atom stereocenters. The number of benzene rings is 1. The van der Waals surface area contributed by atoms with Crippen LogP contribution in [0.25, 0.3) is 6.08 Å². The van der Waals surface area contributed by atoms with Crippen molar-refractivity contribution < 1.29 is 19.5 Å². The average Bonchev–Trinajstić information content (AvgIpc) is 2.93. The molecule has 2 rings (SSSR count). The van der Waals surface area contributed by atoms with Crippen LogP contribution in [-0.4, -0.2) is 44.7 Å². The van der Waals surface area contributed by atoms with Gasteiger partial charge in [0.2, 0.25) is 5.91 Å². The van der Waals surface area contributed by atoms with Gasteiger partial charge in [-0.05, 0) is 18.1 Å². The van der Waals surface area contributed by atoms with Crippen molar-refractivity contribution in [3.05, 3.63) is 53.0 Å². The van der Waals surface area contributed by atoms with Crippen molar-refractivity contribution in [2.24, 2.45) is 0 Å². The zero-order valence-electron chi connectivity index (χ0n) is 15.5. The summed E-state index contributed by atoms with van der Waals surface area (Å²) in [6, 6.07) is 8.79. The van der Waals surface area contributed by atoms with Crippen molar-refractivity contribution in [1.29, 1.82) is 0 Å². The van der Waals surface area contributed by atoms with Crippen LogP contribution in [0.2, 0.25) is 0 Å². The molecule has 2 amide bonds. The summed E-state index contributed by atoms with van der Waals surface area (Å²) >= 11 is 6.43. The average molecular weight is 419 g/mol. The van der Waals surface area contributed by atoms with Crippen LogP contribution in [0.5, 0.6) is 0 Å². The van der Waals surface area contributed by atoms with E-state index in [-0.39, 0.29) is 18.9 Å². The minimum absolute atomic E-state index is 0.00688. The molecule has 1 aromatic rings. The van der Waals surface area contributed by atoms with Gasteiger partial charge in [0.25, 0.3) is 5.91 Å². The Morgan fingerprint density at radius 2 is 2.04 bits per heavy atom. The second kappa shape index (κ2) is 10.8. The van der Waals surface area contributed by atoms with Crippen LogP contribution in [0.15, 0.2) is 47.4 Å². The number of thioether (sulfide) groups is 1. The Balaban J connectivity index is 1.91. The highest BCUT2D eigenvalue weighted by Gasteiger charge is 2.32. The zero-order valence-corrected chi connectivity index (χ0v) is 17.1. The van der Waals surface area contributed by atoms with Crippen LogP contribution in [0.4, 0.5) is 0 Å². The first-order valence-electron chi connectivity index (χ1n) is 8.91. The molecule has 0 saturated carbocycles. The summed E-state index contributed by atoms with van der Waals surface area (Å²) in [5.41, 5.74) is 1.02. The number of carbonyl (C=O) groups excluding carboxylic acids is 2. The molecular weight excluding hydrogens is 396 g/mol. The molecule has 0 radical (unpaired) electrons. The van der Waals surface area contributed by atoms with Gasteiger partial charge >= 0.3 is 5.97 Å². The molecule has 1 fully saturated rings. The summed E-state index contributed by atoms with van der Waals surface area (Å²) in [6.07, 6.45) is 6.38. The standard InChI is InChI=1S/C20H22N2O4S2/c1-2-7-15(19(25)26)21-17(23)12-13-22-18(24)16(28-20(22)27)11-6-10-14-8-4-3-5-9-14/h3-6,8-11,15H,2,7,12-13H2,1H3,(H,21,23)(H,25,26)/b10-6-,16-11+. The Kier molecular flexibility index (Phi) is 8.41. The predicted molar refractivity (Wildman–Crippen MR) is 115 cm³/mol. The number of hydrogen-bond acceptors (Lipinski definition) is 5. The van der Waals surface area contributed by atoms with Gasteiger partial charge in [0.15, 0.2) is 0 Å². The van der Waals surface area contributed by atoms with E-state index in [4.69, 9.17) is 17.3 Å². The third kappa shape index (κ3) is 6.31. The molecule has 1 aromatic carbocycles. The topological polar surface area (TPSA) is 86.7 Å². The number of carboxylic acids is 1. The maximum Gasteiger partial charge on any atom is 0.326 e. The molecule has 148 valence electrons. The first-order chi connectivity index (χ1) is 13.4. The van der Waals surface area contributed by atoms with Crippen molar-refractivity contribution in [2.45, 2.75) is 32.2 Å². The van der Waals surface area contributed by atoms with Gasteiger partial charge in [0, 0.05) is 13.0 Å². The van der Waals surface area contributed by atoms with Crippen LogP contribution in [-0.2, 0) is 14.4 Å². The lowest BCUT2D eigenvalue weighted by molar-refractivity contribution is -0.142. The van der Waals surface area contributed by atoms with Gasteiger partial charge in [-0.3, -0.25) is 14.5 Å². The monoisotopic (exact) mass is 418 g/mol. The van der Waals surface area contributed by atoms with E-state index in [0.29, 0.717) is 22.1 Å². The summed E-state index contributed by atoms with van der Waals surface area (Å²) in [5, 5.41) is 11.6. The van der Waals surface area contributed by atoms with Gasteiger partial charge < -0.3 is 10.4 Å². The van der Waals surface area contributed by atoms with Gasteiger partial charge in [-0.15, -0.1) is 0 Å². The predicted octanol–water partition coefficient (Wildman–Crippen LogP) is 3.20. The van der Waals surface area contributed by atoms with E-state index in [1.54, 1.807) is 12.2 Å². The highest BCUT2D eigenvalue weighted by Crippen LogP contribution is 2.31. The Labute approximate surface area is 173 Å². The zero-order chi connectivity index (χ0) is 20.5. The molecule has 1 aliphatic rings. The number of thiocarbonyl (C=S) groups is 1. The number of rotatable bonds is 9. The summed E-state index contributed by atoms with van der Waals surface area (Å²) in [5.74, 6) is -1.72. The van der Waals surface area contributed by atoms with Crippen LogP contribution in [0.3, 0.4) is 0 Å². The molecule has 1 unspecified atom stereocenters. The van der Waals surface area contributed by atoms with Crippen molar-refractivity contribution in [3.63, 3.8) is 0 Å². The molecule has 28 heavy (non-hydrogen) atoms. The fourth-order valence-corrected chi connectivity index (χ4v) is 3.80. The highest BCUT2D eigenvalue weighted by molar-refractivity contribution is 8.26. The van der Waals surface area contributed by atoms with E-state index in [1.165, 1.54) is 16.7 Å². The van der Waals surface area contributed by atoms with Crippen LogP contribution >= 0.6 is 24.0 Å². The SMILES string of the molecule is CCCC(NC(=O)CCN1C(=O)/C(=C\C=C/c2ccccc2)SC1=S)C(=O)O. The molecule has 6 nitrogen and oxygen atoms in total. The maximum atomic E-state index is 12.5. The number of carbonyl (C=O) groups is 3. The summed E-state index contributed by atoms with van der Waals surface area (Å²) in [4.78, 5) is 37.5. The molecule has 2 N–H and O–H groups in total. The Morgan fingerprint density at radius 3 is 2.68 bits per heavy atom. The number of carboxylic acid groups (broad SMARTS) is 1. The van der Waals surface area contributed by atoms with Gasteiger partial charge in [-0.1, -0.05) is 79.8 Å². The molecule has 0 bridgehead atoms. The number of nitrogens with one attached hydrogen (secondary N) is 1. The van der Waals surface area contributed by atoms with Crippen LogP contribution in [0, 0.1) is 0 Å². The lowest BCUT2D eigenvalue weighted by Gasteiger charge is -2.16. The number of nitrogens with zero attached hydrogens (tertiary/aromatic N) is 1. The number of aliphatic carboxylic acids is 1.